The summed E-state index contributed by atoms with van der Waals surface area (Å²) in [7, 11) is -3.99. The molecule has 118 valence electrons. The predicted molar refractivity (Wildman–Crippen MR) is 79.5 cm³/mol. The van der Waals surface area contributed by atoms with Crippen LogP contribution in [-0.2, 0) is 16.6 Å². The molecule has 0 spiro atoms. The number of benzene rings is 1. The van der Waals surface area contributed by atoms with Gasteiger partial charge in [-0.05, 0) is 42.4 Å². The second-order valence-corrected chi connectivity index (χ2v) is 7.91. The van der Waals surface area contributed by atoms with Gasteiger partial charge in [0.1, 0.15) is 10.7 Å². The van der Waals surface area contributed by atoms with Crippen LogP contribution in [0, 0.1) is 17.6 Å². The molecule has 8 heteroatoms. The highest BCUT2D eigenvalue weighted by Crippen LogP contribution is 2.24. The number of hydrogen-bond acceptors (Lipinski definition) is 4. The molecule has 1 fully saturated rings. The summed E-state index contributed by atoms with van der Waals surface area (Å²) in [6.07, 6.45) is 1.88. The van der Waals surface area contributed by atoms with Gasteiger partial charge < -0.3 is 5.73 Å². The van der Waals surface area contributed by atoms with Gasteiger partial charge in [-0.25, -0.2) is 21.9 Å². The van der Waals surface area contributed by atoms with Crippen LogP contribution >= 0.6 is 11.8 Å². The van der Waals surface area contributed by atoms with Gasteiger partial charge >= 0.3 is 0 Å². The lowest BCUT2D eigenvalue weighted by Gasteiger charge is -2.21. The van der Waals surface area contributed by atoms with Crippen molar-refractivity contribution in [3.05, 3.63) is 29.3 Å². The van der Waals surface area contributed by atoms with Gasteiger partial charge in [0.15, 0.2) is 5.82 Å². The van der Waals surface area contributed by atoms with Crippen molar-refractivity contribution in [2.45, 2.75) is 24.3 Å². The Balaban J connectivity index is 2.15. The Kier molecular flexibility index (Phi) is 5.59. The smallest absolute Gasteiger partial charge is 0.243 e. The Hall–Kier alpha value is -0.700. The first kappa shape index (κ1) is 16.7. The van der Waals surface area contributed by atoms with Crippen LogP contribution in [0.4, 0.5) is 8.78 Å². The summed E-state index contributed by atoms with van der Waals surface area (Å²) in [4.78, 5) is -0.547. The fraction of sp³-hybridized carbons (Fsp3) is 0.538. The molecule has 0 saturated carbocycles. The van der Waals surface area contributed by atoms with Crippen LogP contribution in [0.3, 0.4) is 0 Å². The maximum absolute atomic E-state index is 14.1. The van der Waals surface area contributed by atoms with Gasteiger partial charge in [0.2, 0.25) is 10.0 Å². The molecule has 1 saturated heterocycles. The molecule has 1 aromatic rings. The quantitative estimate of drug-likeness (QED) is 0.861. The minimum atomic E-state index is -3.99. The van der Waals surface area contributed by atoms with E-state index in [2.05, 4.69) is 4.72 Å². The van der Waals surface area contributed by atoms with Gasteiger partial charge in [-0.1, -0.05) is 0 Å². The molecule has 1 aliphatic rings. The van der Waals surface area contributed by atoms with Crippen molar-refractivity contribution in [1.29, 1.82) is 0 Å². The number of nitrogens with one attached hydrogen (secondary N) is 1. The molecule has 3 N–H and O–H groups in total. The minimum absolute atomic E-state index is 0.263. The summed E-state index contributed by atoms with van der Waals surface area (Å²) >= 11 is 1.84. The predicted octanol–water partition coefficient (Wildman–Crippen LogP) is 1.84. The molecule has 0 bridgehead atoms. The third-order valence-electron chi connectivity index (χ3n) is 3.55. The fourth-order valence-corrected chi connectivity index (χ4v) is 4.65. The van der Waals surface area contributed by atoms with Crippen molar-refractivity contribution in [2.75, 3.05) is 18.1 Å². The first-order chi connectivity index (χ1) is 9.95. The summed E-state index contributed by atoms with van der Waals surface area (Å²) < 4.78 is 54.1. The van der Waals surface area contributed by atoms with E-state index in [1.807, 2.05) is 11.8 Å². The fourth-order valence-electron chi connectivity index (χ4n) is 2.23. The molecule has 21 heavy (non-hydrogen) atoms. The third kappa shape index (κ3) is 3.94. The average molecular weight is 336 g/mol. The molecular weight excluding hydrogens is 318 g/mol. The zero-order valence-electron chi connectivity index (χ0n) is 11.4. The Morgan fingerprint density at radius 1 is 1.29 bits per heavy atom. The largest absolute Gasteiger partial charge is 0.326 e. The number of hydrogen-bond donors (Lipinski definition) is 2. The number of rotatable bonds is 5. The van der Waals surface area contributed by atoms with Crippen LogP contribution in [0.2, 0.25) is 0 Å². The number of nitrogens with two attached hydrogens (primary N) is 1. The van der Waals surface area contributed by atoms with Crippen molar-refractivity contribution in [2.24, 2.45) is 11.7 Å². The molecular formula is C13H18F2N2O2S2. The number of halogens is 2. The van der Waals surface area contributed by atoms with Gasteiger partial charge in [0, 0.05) is 18.7 Å². The van der Waals surface area contributed by atoms with Gasteiger partial charge in [0.25, 0.3) is 0 Å². The van der Waals surface area contributed by atoms with E-state index in [1.165, 1.54) is 0 Å². The molecule has 2 rings (SSSR count). The Morgan fingerprint density at radius 2 is 1.95 bits per heavy atom. The topological polar surface area (TPSA) is 72.2 Å². The van der Waals surface area contributed by atoms with Gasteiger partial charge in [-0.15, -0.1) is 0 Å². The third-order valence-corrected chi connectivity index (χ3v) is 6.04. The van der Waals surface area contributed by atoms with E-state index in [0.717, 1.165) is 36.5 Å². The van der Waals surface area contributed by atoms with E-state index in [4.69, 9.17) is 5.73 Å². The summed E-state index contributed by atoms with van der Waals surface area (Å²) in [5.41, 5.74) is 4.85. The van der Waals surface area contributed by atoms with Crippen molar-refractivity contribution >= 4 is 21.8 Å². The number of thioether (sulfide) groups is 1. The molecule has 1 heterocycles. The van der Waals surface area contributed by atoms with Crippen molar-refractivity contribution in [3.8, 4) is 0 Å². The molecule has 1 aliphatic heterocycles. The maximum Gasteiger partial charge on any atom is 0.243 e. The van der Waals surface area contributed by atoms with Crippen LogP contribution in [0.25, 0.3) is 0 Å². The standard InChI is InChI=1S/C13H18F2N2O2S2/c14-11-1-2-12(13(15)10(11)7-16)21(18,19)17-8-9-3-5-20-6-4-9/h1-2,9,17H,3-8,16H2. The van der Waals surface area contributed by atoms with E-state index < -0.39 is 32.1 Å². The molecule has 0 atom stereocenters. The summed E-state index contributed by atoms with van der Waals surface area (Å²) in [6, 6.07) is 1.86. The lowest BCUT2D eigenvalue weighted by atomic mass is 10.0. The van der Waals surface area contributed by atoms with E-state index in [9.17, 15) is 17.2 Å². The first-order valence-electron chi connectivity index (χ1n) is 6.70. The molecule has 0 radical (unpaired) electrons. The van der Waals surface area contributed by atoms with Gasteiger partial charge in [-0.2, -0.15) is 11.8 Å². The van der Waals surface area contributed by atoms with Crippen LogP contribution in [-0.4, -0.2) is 26.5 Å². The highest BCUT2D eigenvalue weighted by molar-refractivity contribution is 7.99. The summed E-state index contributed by atoms with van der Waals surface area (Å²) in [5, 5.41) is 0. The Bertz CT molecular complexity index is 602. The second-order valence-electron chi connectivity index (χ2n) is 4.95. The highest BCUT2D eigenvalue weighted by atomic mass is 32.2. The summed E-state index contributed by atoms with van der Waals surface area (Å²) in [5.74, 6) is 0.337. The SMILES string of the molecule is NCc1c(F)ccc(S(=O)(=O)NCC2CCSCC2)c1F. The molecule has 0 aliphatic carbocycles. The van der Waals surface area contributed by atoms with E-state index in [1.54, 1.807) is 0 Å². The summed E-state index contributed by atoms with van der Waals surface area (Å²) in [6.45, 7) is -0.113. The van der Waals surface area contributed by atoms with Gasteiger partial charge in [0.05, 0.1) is 0 Å². The van der Waals surface area contributed by atoms with E-state index >= 15 is 0 Å². The second kappa shape index (κ2) is 7.04. The minimum Gasteiger partial charge on any atom is -0.326 e. The lowest BCUT2D eigenvalue weighted by Crippen LogP contribution is -2.31. The normalized spacial score (nSPS) is 17.1. The highest BCUT2D eigenvalue weighted by Gasteiger charge is 2.24. The maximum atomic E-state index is 14.1. The Labute approximate surface area is 127 Å². The van der Waals surface area contributed by atoms with Crippen molar-refractivity contribution in [1.82, 2.24) is 4.72 Å². The van der Waals surface area contributed by atoms with E-state index in [0.29, 0.717) is 0 Å². The zero-order chi connectivity index (χ0) is 15.5. The first-order valence-corrected chi connectivity index (χ1v) is 9.34. The Morgan fingerprint density at radius 3 is 2.57 bits per heavy atom. The molecule has 4 nitrogen and oxygen atoms in total. The molecule has 0 aromatic heterocycles. The van der Waals surface area contributed by atoms with Crippen molar-refractivity contribution < 1.29 is 17.2 Å². The van der Waals surface area contributed by atoms with Crippen LogP contribution in [0.1, 0.15) is 18.4 Å². The van der Waals surface area contributed by atoms with Crippen LogP contribution in [0.15, 0.2) is 17.0 Å². The zero-order valence-corrected chi connectivity index (χ0v) is 13.1. The average Bonchev–Trinajstić information content (AvgIpc) is 2.46. The van der Waals surface area contributed by atoms with E-state index in [-0.39, 0.29) is 19.0 Å². The molecule has 0 amide bonds. The lowest BCUT2D eigenvalue weighted by molar-refractivity contribution is 0.473. The van der Waals surface area contributed by atoms with Crippen molar-refractivity contribution in [3.63, 3.8) is 0 Å². The molecule has 1 aromatic carbocycles. The van der Waals surface area contributed by atoms with Crippen LogP contribution < -0.4 is 10.5 Å². The monoisotopic (exact) mass is 336 g/mol. The van der Waals surface area contributed by atoms with Gasteiger partial charge in [-0.3, -0.25) is 0 Å². The van der Waals surface area contributed by atoms with Crippen LogP contribution in [0.5, 0.6) is 0 Å². The number of sulfonamides is 1. The molecule has 0 unspecified atom stereocenters.